The minimum absolute atomic E-state index is 0.265. The quantitative estimate of drug-likeness (QED) is 0.667. The van der Waals surface area contributed by atoms with Crippen molar-refractivity contribution in [2.75, 3.05) is 17.7 Å². The molecule has 1 amide bonds. The molecule has 3 rings (SSSR count). The standard InChI is InChI=1S/C21H19N3O3/c1-14-5-3-4-6-18(14)24-20(25)19-12-11-17(13-22-19)23-16-9-7-15(8-10-16)21(26)27-2/h3-13,23H,1-2H3,(H,24,25). The SMILES string of the molecule is COC(=O)c1ccc(Nc2ccc(C(=O)Nc3ccccc3C)nc2)cc1. The molecule has 0 unspecified atom stereocenters. The van der Waals surface area contributed by atoms with Crippen molar-refractivity contribution in [2.45, 2.75) is 6.92 Å². The van der Waals surface area contributed by atoms with E-state index in [-0.39, 0.29) is 11.9 Å². The third-order valence-electron chi connectivity index (χ3n) is 3.98. The van der Waals surface area contributed by atoms with Gasteiger partial charge in [-0.1, -0.05) is 18.2 Å². The molecule has 6 nitrogen and oxygen atoms in total. The van der Waals surface area contributed by atoms with Crippen LogP contribution in [0, 0.1) is 6.92 Å². The molecule has 27 heavy (non-hydrogen) atoms. The number of nitrogens with zero attached hydrogens (tertiary/aromatic N) is 1. The van der Waals surface area contributed by atoms with E-state index in [0.717, 1.165) is 22.6 Å². The van der Waals surface area contributed by atoms with Gasteiger partial charge < -0.3 is 15.4 Å². The predicted molar refractivity (Wildman–Crippen MR) is 104 cm³/mol. The summed E-state index contributed by atoms with van der Waals surface area (Å²) < 4.78 is 4.67. The summed E-state index contributed by atoms with van der Waals surface area (Å²) in [5.74, 6) is -0.648. The number of carbonyl (C=O) groups is 2. The predicted octanol–water partition coefficient (Wildman–Crippen LogP) is 4.17. The number of rotatable bonds is 5. The molecule has 0 aliphatic carbocycles. The molecule has 136 valence electrons. The Kier molecular flexibility index (Phi) is 5.47. The maximum Gasteiger partial charge on any atom is 0.337 e. The summed E-state index contributed by atoms with van der Waals surface area (Å²) in [5, 5.41) is 6.02. The Morgan fingerprint density at radius 1 is 0.926 bits per heavy atom. The molecule has 2 aromatic carbocycles. The van der Waals surface area contributed by atoms with Gasteiger partial charge in [-0.25, -0.2) is 9.78 Å². The van der Waals surface area contributed by atoms with Gasteiger partial charge in [0, 0.05) is 11.4 Å². The number of esters is 1. The van der Waals surface area contributed by atoms with E-state index in [1.54, 1.807) is 42.6 Å². The number of amides is 1. The van der Waals surface area contributed by atoms with Crippen LogP contribution in [-0.2, 0) is 4.74 Å². The first kappa shape index (κ1) is 18.1. The average Bonchev–Trinajstić information content (AvgIpc) is 2.70. The van der Waals surface area contributed by atoms with Crippen molar-refractivity contribution in [3.05, 3.63) is 83.7 Å². The van der Waals surface area contributed by atoms with Gasteiger partial charge >= 0.3 is 5.97 Å². The van der Waals surface area contributed by atoms with Gasteiger partial charge in [-0.2, -0.15) is 0 Å². The number of benzene rings is 2. The van der Waals surface area contributed by atoms with Crippen molar-refractivity contribution >= 4 is 28.9 Å². The maximum absolute atomic E-state index is 12.3. The number of hydrogen-bond donors (Lipinski definition) is 2. The molecule has 0 saturated carbocycles. The molecule has 0 bridgehead atoms. The van der Waals surface area contributed by atoms with Crippen LogP contribution in [0.1, 0.15) is 26.4 Å². The lowest BCUT2D eigenvalue weighted by molar-refractivity contribution is 0.0600. The van der Waals surface area contributed by atoms with Crippen LogP contribution in [0.2, 0.25) is 0 Å². The van der Waals surface area contributed by atoms with E-state index in [1.165, 1.54) is 7.11 Å². The summed E-state index contributed by atoms with van der Waals surface area (Å²) in [4.78, 5) is 28.0. The van der Waals surface area contributed by atoms with Gasteiger partial charge in [0.1, 0.15) is 5.69 Å². The fraction of sp³-hybridized carbons (Fsp3) is 0.0952. The van der Waals surface area contributed by atoms with E-state index in [4.69, 9.17) is 0 Å². The lowest BCUT2D eigenvalue weighted by Crippen LogP contribution is -2.14. The zero-order valence-corrected chi connectivity index (χ0v) is 15.0. The van der Waals surface area contributed by atoms with Crippen LogP contribution in [0.25, 0.3) is 0 Å². The Morgan fingerprint density at radius 3 is 2.26 bits per heavy atom. The monoisotopic (exact) mass is 361 g/mol. The molecular formula is C21H19N3O3. The first-order chi connectivity index (χ1) is 13.1. The topological polar surface area (TPSA) is 80.3 Å². The summed E-state index contributed by atoms with van der Waals surface area (Å²) in [6.45, 7) is 1.93. The van der Waals surface area contributed by atoms with Gasteiger partial charge in [0.05, 0.1) is 24.6 Å². The van der Waals surface area contributed by atoms with Gasteiger partial charge in [-0.15, -0.1) is 0 Å². The number of aryl methyl sites for hydroxylation is 1. The molecule has 0 spiro atoms. The van der Waals surface area contributed by atoms with E-state index in [0.29, 0.717) is 11.3 Å². The Hall–Kier alpha value is -3.67. The molecule has 1 aromatic heterocycles. The lowest BCUT2D eigenvalue weighted by Gasteiger charge is -2.09. The zero-order chi connectivity index (χ0) is 19.2. The van der Waals surface area contributed by atoms with E-state index in [1.807, 2.05) is 31.2 Å². The highest BCUT2D eigenvalue weighted by atomic mass is 16.5. The second kappa shape index (κ2) is 8.14. The summed E-state index contributed by atoms with van der Waals surface area (Å²) in [6, 6.07) is 17.9. The lowest BCUT2D eigenvalue weighted by atomic mass is 10.2. The van der Waals surface area contributed by atoms with Crippen molar-refractivity contribution in [1.82, 2.24) is 4.98 Å². The normalized spacial score (nSPS) is 10.1. The second-order valence-corrected chi connectivity index (χ2v) is 5.90. The Labute approximate surface area is 157 Å². The number of nitrogens with one attached hydrogen (secondary N) is 2. The van der Waals surface area contributed by atoms with E-state index < -0.39 is 0 Å². The van der Waals surface area contributed by atoms with Gasteiger partial charge in [0.25, 0.3) is 5.91 Å². The number of carbonyl (C=O) groups excluding carboxylic acids is 2. The molecule has 1 heterocycles. The number of hydrogen-bond acceptors (Lipinski definition) is 5. The van der Waals surface area contributed by atoms with Crippen LogP contribution in [0.3, 0.4) is 0 Å². The first-order valence-electron chi connectivity index (χ1n) is 8.35. The summed E-state index contributed by atoms with van der Waals surface area (Å²) in [7, 11) is 1.34. The zero-order valence-electron chi connectivity index (χ0n) is 15.0. The Morgan fingerprint density at radius 2 is 1.63 bits per heavy atom. The van der Waals surface area contributed by atoms with Gasteiger partial charge in [-0.3, -0.25) is 4.79 Å². The van der Waals surface area contributed by atoms with Crippen LogP contribution in [0.15, 0.2) is 66.9 Å². The van der Waals surface area contributed by atoms with Crippen molar-refractivity contribution in [3.63, 3.8) is 0 Å². The van der Waals surface area contributed by atoms with Crippen LogP contribution < -0.4 is 10.6 Å². The van der Waals surface area contributed by atoms with Crippen molar-refractivity contribution < 1.29 is 14.3 Å². The second-order valence-electron chi connectivity index (χ2n) is 5.90. The number of anilines is 3. The molecule has 0 radical (unpaired) electrons. The summed E-state index contributed by atoms with van der Waals surface area (Å²) in [5.41, 5.74) is 4.07. The highest BCUT2D eigenvalue weighted by Crippen LogP contribution is 2.18. The van der Waals surface area contributed by atoms with Crippen LogP contribution in [0.5, 0.6) is 0 Å². The highest BCUT2D eigenvalue weighted by molar-refractivity contribution is 6.03. The van der Waals surface area contributed by atoms with Gasteiger partial charge in [-0.05, 0) is 55.0 Å². The van der Waals surface area contributed by atoms with Gasteiger partial charge in [0.15, 0.2) is 0 Å². The summed E-state index contributed by atoms with van der Waals surface area (Å²) in [6.07, 6.45) is 1.58. The average molecular weight is 361 g/mol. The van der Waals surface area contributed by atoms with Crippen LogP contribution in [0.4, 0.5) is 17.1 Å². The first-order valence-corrected chi connectivity index (χ1v) is 8.35. The molecule has 0 fully saturated rings. The third kappa shape index (κ3) is 4.49. The number of aromatic nitrogens is 1. The largest absolute Gasteiger partial charge is 0.465 e. The summed E-state index contributed by atoms with van der Waals surface area (Å²) >= 11 is 0. The molecule has 0 aliphatic heterocycles. The maximum atomic E-state index is 12.3. The van der Waals surface area contributed by atoms with Crippen molar-refractivity contribution in [3.8, 4) is 0 Å². The molecule has 0 atom stereocenters. The smallest absolute Gasteiger partial charge is 0.337 e. The number of pyridine rings is 1. The van der Waals surface area contributed by atoms with Crippen LogP contribution in [-0.4, -0.2) is 24.0 Å². The number of methoxy groups -OCH3 is 1. The highest BCUT2D eigenvalue weighted by Gasteiger charge is 2.09. The number of ether oxygens (including phenoxy) is 1. The minimum atomic E-state index is -0.382. The van der Waals surface area contributed by atoms with Gasteiger partial charge in [0.2, 0.25) is 0 Å². The number of para-hydroxylation sites is 1. The van der Waals surface area contributed by atoms with E-state index in [2.05, 4.69) is 20.4 Å². The van der Waals surface area contributed by atoms with Crippen LogP contribution >= 0.6 is 0 Å². The Bertz CT molecular complexity index is 951. The van der Waals surface area contributed by atoms with E-state index in [9.17, 15) is 9.59 Å². The molecule has 3 aromatic rings. The third-order valence-corrected chi connectivity index (χ3v) is 3.98. The molecule has 6 heteroatoms. The van der Waals surface area contributed by atoms with Crippen molar-refractivity contribution in [1.29, 1.82) is 0 Å². The fourth-order valence-electron chi connectivity index (χ4n) is 2.48. The molecule has 0 saturated heterocycles. The van der Waals surface area contributed by atoms with Crippen molar-refractivity contribution in [2.24, 2.45) is 0 Å². The minimum Gasteiger partial charge on any atom is -0.465 e. The molecule has 0 aliphatic rings. The molecular weight excluding hydrogens is 342 g/mol. The van der Waals surface area contributed by atoms with E-state index >= 15 is 0 Å². The molecule has 2 N–H and O–H groups in total. The fourth-order valence-corrected chi connectivity index (χ4v) is 2.48. The Balaban J connectivity index is 1.65.